The van der Waals surface area contributed by atoms with E-state index in [1.165, 1.54) is 17.5 Å². The molecular formula is C19H17N7O. The Hall–Kier alpha value is -3.39. The number of pyridine rings is 1. The van der Waals surface area contributed by atoms with E-state index < -0.39 is 0 Å². The zero-order valence-electron chi connectivity index (χ0n) is 14.7. The number of H-pyrrole nitrogens is 1. The lowest BCUT2D eigenvalue weighted by molar-refractivity contribution is 0.432. The fraction of sp³-hybridized carbons (Fsp3) is 0.211. The summed E-state index contributed by atoms with van der Waals surface area (Å²) < 4.78 is 5.62. The number of rotatable bonds is 3. The Balaban J connectivity index is 1.62. The molecule has 8 heteroatoms. The van der Waals surface area contributed by atoms with Gasteiger partial charge in [0.05, 0.1) is 5.56 Å². The van der Waals surface area contributed by atoms with Crippen LogP contribution in [0.2, 0.25) is 0 Å². The van der Waals surface area contributed by atoms with Crippen LogP contribution in [0.1, 0.15) is 16.8 Å². The summed E-state index contributed by atoms with van der Waals surface area (Å²) in [7, 11) is 0. The van der Waals surface area contributed by atoms with Gasteiger partial charge in [-0.15, -0.1) is 0 Å². The fourth-order valence-corrected chi connectivity index (χ4v) is 3.51. The van der Waals surface area contributed by atoms with Crippen LogP contribution in [-0.2, 0) is 13.0 Å². The third kappa shape index (κ3) is 2.70. The molecule has 0 saturated heterocycles. The Morgan fingerprint density at radius 1 is 1.11 bits per heavy atom. The Bertz CT molecular complexity index is 1100. The molecule has 0 unspecified atom stereocenters. The minimum Gasteiger partial charge on any atom is -0.334 e. The molecule has 2 N–H and O–H groups in total. The van der Waals surface area contributed by atoms with Crippen molar-refractivity contribution in [2.45, 2.75) is 19.9 Å². The van der Waals surface area contributed by atoms with Crippen molar-refractivity contribution >= 4 is 0 Å². The van der Waals surface area contributed by atoms with Gasteiger partial charge in [-0.05, 0) is 37.1 Å². The lowest BCUT2D eigenvalue weighted by Crippen LogP contribution is -2.24. The zero-order valence-corrected chi connectivity index (χ0v) is 14.7. The summed E-state index contributed by atoms with van der Waals surface area (Å²) in [5.41, 5.74) is 5.99. The standard InChI is InChI=1S/C19H17N7O/c1-11-16(13-6-7-20-8-12(13)9-21-11)18-24-19(27-26-18)15-5-3-2-4-14(15)17-22-10-23-25-17/h2-5,9-10,20H,6-8H2,1H3,(H,22,23,25). The van der Waals surface area contributed by atoms with Crippen molar-refractivity contribution in [2.75, 3.05) is 6.54 Å². The van der Waals surface area contributed by atoms with Gasteiger partial charge in [-0.1, -0.05) is 23.4 Å². The number of nitrogens with one attached hydrogen (secondary N) is 2. The van der Waals surface area contributed by atoms with E-state index in [-0.39, 0.29) is 0 Å². The Morgan fingerprint density at radius 3 is 2.85 bits per heavy atom. The highest BCUT2D eigenvalue weighted by atomic mass is 16.5. The maximum Gasteiger partial charge on any atom is 0.258 e. The lowest BCUT2D eigenvalue weighted by Gasteiger charge is -2.19. The molecule has 0 saturated carbocycles. The zero-order chi connectivity index (χ0) is 18.2. The summed E-state index contributed by atoms with van der Waals surface area (Å²) in [6.45, 7) is 3.73. The van der Waals surface area contributed by atoms with Gasteiger partial charge in [0.1, 0.15) is 6.33 Å². The third-order valence-electron chi connectivity index (χ3n) is 4.81. The van der Waals surface area contributed by atoms with E-state index >= 15 is 0 Å². The molecule has 0 radical (unpaired) electrons. The Labute approximate surface area is 155 Å². The largest absolute Gasteiger partial charge is 0.334 e. The van der Waals surface area contributed by atoms with E-state index in [2.05, 4.69) is 35.6 Å². The molecule has 4 heterocycles. The minimum absolute atomic E-state index is 0.447. The van der Waals surface area contributed by atoms with Gasteiger partial charge in [0.25, 0.3) is 5.89 Å². The van der Waals surface area contributed by atoms with Gasteiger partial charge < -0.3 is 9.84 Å². The topological polar surface area (TPSA) is 105 Å². The number of aryl methyl sites for hydroxylation is 1. The molecule has 4 aromatic rings. The monoisotopic (exact) mass is 359 g/mol. The van der Waals surface area contributed by atoms with Crippen LogP contribution in [0.3, 0.4) is 0 Å². The van der Waals surface area contributed by atoms with E-state index in [0.717, 1.165) is 41.9 Å². The maximum absolute atomic E-state index is 5.62. The van der Waals surface area contributed by atoms with Crippen LogP contribution in [0, 0.1) is 6.92 Å². The first-order valence-corrected chi connectivity index (χ1v) is 8.78. The summed E-state index contributed by atoms with van der Waals surface area (Å²) in [6, 6.07) is 7.75. The Kier molecular flexibility index (Phi) is 3.75. The first-order chi connectivity index (χ1) is 13.3. The van der Waals surface area contributed by atoms with E-state index in [4.69, 9.17) is 4.52 Å². The van der Waals surface area contributed by atoms with Crippen molar-refractivity contribution in [3.63, 3.8) is 0 Å². The second-order valence-corrected chi connectivity index (χ2v) is 6.45. The molecule has 5 rings (SSSR count). The molecule has 3 aromatic heterocycles. The summed E-state index contributed by atoms with van der Waals surface area (Å²) in [6.07, 6.45) is 4.33. The first kappa shape index (κ1) is 15.8. The second kappa shape index (κ2) is 6.40. The van der Waals surface area contributed by atoms with Crippen LogP contribution in [0.15, 0.2) is 41.3 Å². The molecule has 1 aliphatic rings. The maximum atomic E-state index is 5.62. The minimum atomic E-state index is 0.447. The molecule has 0 atom stereocenters. The van der Waals surface area contributed by atoms with Gasteiger partial charge in [-0.25, -0.2) is 4.98 Å². The number of nitrogens with zero attached hydrogens (tertiary/aromatic N) is 5. The van der Waals surface area contributed by atoms with E-state index in [1.54, 1.807) is 0 Å². The van der Waals surface area contributed by atoms with Crippen molar-refractivity contribution in [2.24, 2.45) is 0 Å². The van der Waals surface area contributed by atoms with Crippen molar-refractivity contribution in [1.29, 1.82) is 0 Å². The summed E-state index contributed by atoms with van der Waals surface area (Å²) >= 11 is 0. The highest BCUT2D eigenvalue weighted by Crippen LogP contribution is 2.33. The predicted octanol–water partition coefficient (Wildman–Crippen LogP) is 2.54. The summed E-state index contributed by atoms with van der Waals surface area (Å²) in [5, 5.41) is 14.4. The lowest BCUT2D eigenvalue weighted by atomic mass is 9.95. The molecular weight excluding hydrogens is 342 g/mol. The quantitative estimate of drug-likeness (QED) is 0.579. The van der Waals surface area contributed by atoms with E-state index in [1.807, 2.05) is 37.4 Å². The average Bonchev–Trinajstić information content (AvgIpc) is 3.40. The number of fused-ring (bicyclic) bond motifs is 1. The van der Waals surface area contributed by atoms with Gasteiger partial charge >= 0.3 is 0 Å². The molecule has 0 spiro atoms. The fourth-order valence-electron chi connectivity index (χ4n) is 3.51. The van der Waals surface area contributed by atoms with Gasteiger partial charge in [0, 0.05) is 29.6 Å². The predicted molar refractivity (Wildman–Crippen MR) is 98.5 cm³/mol. The normalized spacial score (nSPS) is 13.5. The molecule has 134 valence electrons. The van der Waals surface area contributed by atoms with Crippen molar-refractivity contribution in [1.82, 2.24) is 35.6 Å². The molecule has 27 heavy (non-hydrogen) atoms. The van der Waals surface area contributed by atoms with Crippen LogP contribution in [0.5, 0.6) is 0 Å². The van der Waals surface area contributed by atoms with Gasteiger partial charge in [0.2, 0.25) is 5.82 Å². The van der Waals surface area contributed by atoms with Crippen LogP contribution < -0.4 is 5.32 Å². The molecule has 8 nitrogen and oxygen atoms in total. The smallest absolute Gasteiger partial charge is 0.258 e. The van der Waals surface area contributed by atoms with Crippen LogP contribution in [0.4, 0.5) is 0 Å². The number of aromatic nitrogens is 6. The van der Waals surface area contributed by atoms with Crippen LogP contribution >= 0.6 is 0 Å². The summed E-state index contributed by atoms with van der Waals surface area (Å²) in [4.78, 5) is 13.4. The third-order valence-corrected chi connectivity index (χ3v) is 4.81. The first-order valence-electron chi connectivity index (χ1n) is 8.78. The summed E-state index contributed by atoms with van der Waals surface area (Å²) in [5.74, 6) is 1.68. The van der Waals surface area contributed by atoms with Gasteiger partial charge in [-0.3, -0.25) is 10.1 Å². The number of hydrogen-bond acceptors (Lipinski definition) is 7. The molecule has 0 amide bonds. The highest BCUT2D eigenvalue weighted by Gasteiger charge is 2.22. The highest BCUT2D eigenvalue weighted by molar-refractivity contribution is 5.77. The van der Waals surface area contributed by atoms with Crippen molar-refractivity contribution in [3.05, 3.63) is 53.6 Å². The van der Waals surface area contributed by atoms with Gasteiger partial charge in [0.15, 0.2) is 5.82 Å². The molecule has 0 fully saturated rings. The molecule has 1 aliphatic heterocycles. The molecule has 1 aromatic carbocycles. The van der Waals surface area contributed by atoms with Crippen LogP contribution in [0.25, 0.3) is 34.2 Å². The average molecular weight is 359 g/mol. The number of benzene rings is 1. The Morgan fingerprint density at radius 2 is 2.00 bits per heavy atom. The van der Waals surface area contributed by atoms with Crippen molar-refractivity contribution in [3.8, 4) is 34.2 Å². The van der Waals surface area contributed by atoms with Crippen LogP contribution in [-0.4, -0.2) is 36.9 Å². The molecule has 0 bridgehead atoms. The van der Waals surface area contributed by atoms with E-state index in [0.29, 0.717) is 17.5 Å². The number of aromatic amines is 1. The second-order valence-electron chi connectivity index (χ2n) is 6.45. The SMILES string of the molecule is Cc1ncc2c(c1-c1noc(-c3ccccc3-c3ncn[nH]3)n1)CCNC2. The van der Waals surface area contributed by atoms with Gasteiger partial charge in [-0.2, -0.15) is 10.1 Å². The molecule has 0 aliphatic carbocycles. The van der Waals surface area contributed by atoms with E-state index in [9.17, 15) is 0 Å². The number of hydrogen-bond donors (Lipinski definition) is 2. The van der Waals surface area contributed by atoms with Crippen molar-refractivity contribution < 1.29 is 4.52 Å².